The molecule has 2 aromatic rings. The smallest absolute Gasteiger partial charge is 0.344 e. The number of esters is 1. The Morgan fingerprint density at radius 2 is 1.76 bits per heavy atom. The van der Waals surface area contributed by atoms with E-state index in [1.54, 1.807) is 12.1 Å². The van der Waals surface area contributed by atoms with Crippen LogP contribution in [-0.4, -0.2) is 35.1 Å². The summed E-state index contributed by atoms with van der Waals surface area (Å²) in [5.74, 6) is -1.60. The number of phenols is 1. The van der Waals surface area contributed by atoms with Gasteiger partial charge in [-0.1, -0.05) is 24.3 Å². The lowest BCUT2D eigenvalue weighted by molar-refractivity contribution is -0.383. The molecule has 0 radical (unpaired) electrons. The van der Waals surface area contributed by atoms with Gasteiger partial charge in [0, 0.05) is 6.07 Å². The summed E-state index contributed by atoms with van der Waals surface area (Å²) >= 11 is 0. The van der Waals surface area contributed by atoms with Gasteiger partial charge >= 0.3 is 5.97 Å². The standard InChI is InChI=1S/C16H14N2O7/c19-13-7-3-4-8-14(13)24-10-16(21)25-9-15(20)17-11-5-1-2-6-12(11)18(22)23/h1-8,19H,9-10H2,(H,17,20). The van der Waals surface area contributed by atoms with Crippen LogP contribution < -0.4 is 10.1 Å². The van der Waals surface area contributed by atoms with E-state index in [0.717, 1.165) is 0 Å². The zero-order valence-corrected chi connectivity index (χ0v) is 12.9. The number of nitro groups is 1. The first-order chi connectivity index (χ1) is 12.0. The third-order valence-corrected chi connectivity index (χ3v) is 2.95. The highest BCUT2D eigenvalue weighted by Gasteiger charge is 2.16. The molecule has 0 unspecified atom stereocenters. The number of benzene rings is 2. The number of amides is 1. The van der Waals surface area contributed by atoms with Crippen molar-refractivity contribution in [2.75, 3.05) is 18.5 Å². The molecule has 2 rings (SSSR count). The van der Waals surface area contributed by atoms with Gasteiger partial charge < -0.3 is 19.9 Å². The summed E-state index contributed by atoms with van der Waals surface area (Å²) < 4.78 is 9.76. The minimum absolute atomic E-state index is 0.000920. The number of phenolic OH excluding ortho intramolecular Hbond substituents is 1. The van der Waals surface area contributed by atoms with E-state index in [0.29, 0.717) is 0 Å². The number of para-hydroxylation sites is 4. The summed E-state index contributed by atoms with van der Waals surface area (Å²) in [5.41, 5.74) is -0.274. The summed E-state index contributed by atoms with van der Waals surface area (Å²) in [6.45, 7) is -1.13. The van der Waals surface area contributed by atoms with Crippen molar-refractivity contribution in [3.05, 3.63) is 58.6 Å². The lowest BCUT2D eigenvalue weighted by Gasteiger charge is -2.08. The van der Waals surface area contributed by atoms with Crippen LogP contribution >= 0.6 is 0 Å². The number of carbonyl (C=O) groups is 2. The molecule has 0 saturated carbocycles. The zero-order valence-electron chi connectivity index (χ0n) is 12.9. The Morgan fingerprint density at radius 1 is 1.08 bits per heavy atom. The van der Waals surface area contributed by atoms with Crippen LogP contribution in [0, 0.1) is 10.1 Å². The Morgan fingerprint density at radius 3 is 2.48 bits per heavy atom. The predicted octanol–water partition coefficient (Wildman–Crippen LogP) is 1.86. The molecule has 25 heavy (non-hydrogen) atoms. The fraction of sp³-hybridized carbons (Fsp3) is 0.125. The topological polar surface area (TPSA) is 128 Å². The van der Waals surface area contributed by atoms with Crippen LogP contribution in [0.5, 0.6) is 11.5 Å². The third-order valence-electron chi connectivity index (χ3n) is 2.95. The molecule has 9 nitrogen and oxygen atoms in total. The monoisotopic (exact) mass is 346 g/mol. The second kappa shape index (κ2) is 8.29. The van der Waals surface area contributed by atoms with Crippen molar-refractivity contribution in [3.8, 4) is 11.5 Å². The molecular formula is C16H14N2O7. The molecule has 0 heterocycles. The van der Waals surface area contributed by atoms with Crippen LogP contribution in [0.1, 0.15) is 0 Å². The molecule has 0 aliphatic carbocycles. The molecule has 0 aliphatic heterocycles. The van der Waals surface area contributed by atoms with Crippen molar-refractivity contribution < 1.29 is 29.1 Å². The highest BCUT2D eigenvalue weighted by molar-refractivity contribution is 5.94. The van der Waals surface area contributed by atoms with Crippen LogP contribution in [0.4, 0.5) is 11.4 Å². The molecular weight excluding hydrogens is 332 g/mol. The minimum atomic E-state index is -0.832. The number of carbonyl (C=O) groups excluding carboxylic acids is 2. The van der Waals surface area contributed by atoms with Crippen LogP contribution in [-0.2, 0) is 14.3 Å². The van der Waals surface area contributed by atoms with Crippen LogP contribution in [0.15, 0.2) is 48.5 Å². The van der Waals surface area contributed by atoms with Gasteiger partial charge in [0.15, 0.2) is 24.7 Å². The Bertz CT molecular complexity index is 792. The summed E-state index contributed by atoms with van der Waals surface area (Å²) in [7, 11) is 0. The number of aromatic hydroxyl groups is 1. The molecule has 1 amide bonds. The van der Waals surface area contributed by atoms with Gasteiger partial charge in [-0.05, 0) is 18.2 Å². The number of nitrogens with zero attached hydrogens (tertiary/aromatic N) is 1. The molecule has 130 valence electrons. The number of anilines is 1. The Kier molecular flexibility index (Phi) is 5.88. The van der Waals surface area contributed by atoms with Crippen molar-refractivity contribution >= 4 is 23.3 Å². The van der Waals surface area contributed by atoms with Crippen molar-refractivity contribution in [1.29, 1.82) is 0 Å². The van der Waals surface area contributed by atoms with Gasteiger partial charge in [0.05, 0.1) is 4.92 Å². The molecule has 0 saturated heterocycles. The lowest BCUT2D eigenvalue weighted by Crippen LogP contribution is -2.24. The predicted molar refractivity (Wildman–Crippen MR) is 86.3 cm³/mol. The van der Waals surface area contributed by atoms with E-state index in [-0.39, 0.29) is 22.9 Å². The first-order valence-electron chi connectivity index (χ1n) is 7.07. The molecule has 0 fully saturated rings. The first-order valence-corrected chi connectivity index (χ1v) is 7.07. The molecule has 0 aromatic heterocycles. The highest BCUT2D eigenvalue weighted by Crippen LogP contribution is 2.24. The zero-order chi connectivity index (χ0) is 18.2. The van der Waals surface area contributed by atoms with Gasteiger partial charge in [-0.15, -0.1) is 0 Å². The second-order valence-corrected chi connectivity index (χ2v) is 4.74. The normalized spacial score (nSPS) is 9.92. The Balaban J connectivity index is 1.81. The van der Waals surface area contributed by atoms with Crippen molar-refractivity contribution in [2.45, 2.75) is 0 Å². The minimum Gasteiger partial charge on any atom is -0.504 e. The van der Waals surface area contributed by atoms with E-state index in [2.05, 4.69) is 5.32 Å². The number of ether oxygens (including phenoxy) is 2. The van der Waals surface area contributed by atoms with Gasteiger partial charge in [-0.2, -0.15) is 0 Å². The summed E-state index contributed by atoms with van der Waals surface area (Å²) in [6.07, 6.45) is 0. The molecule has 0 spiro atoms. The largest absolute Gasteiger partial charge is 0.504 e. The average Bonchev–Trinajstić information content (AvgIpc) is 2.59. The molecule has 2 N–H and O–H groups in total. The fourth-order valence-corrected chi connectivity index (χ4v) is 1.83. The Labute approximate surface area is 141 Å². The lowest BCUT2D eigenvalue weighted by atomic mass is 10.2. The number of hydrogen-bond acceptors (Lipinski definition) is 7. The van der Waals surface area contributed by atoms with Crippen molar-refractivity contribution in [3.63, 3.8) is 0 Å². The van der Waals surface area contributed by atoms with Gasteiger partial charge in [-0.25, -0.2) is 4.79 Å². The maximum atomic E-state index is 11.7. The first kappa shape index (κ1) is 17.7. The van der Waals surface area contributed by atoms with Gasteiger partial charge in [0.2, 0.25) is 0 Å². The summed E-state index contributed by atoms with van der Waals surface area (Å²) in [5, 5.41) is 22.6. The molecule has 0 aliphatic rings. The number of rotatable bonds is 7. The van der Waals surface area contributed by atoms with Crippen LogP contribution in [0.2, 0.25) is 0 Å². The number of nitrogens with one attached hydrogen (secondary N) is 1. The van der Waals surface area contributed by atoms with E-state index in [4.69, 9.17) is 9.47 Å². The number of nitro benzene ring substituents is 1. The average molecular weight is 346 g/mol. The second-order valence-electron chi connectivity index (χ2n) is 4.74. The third kappa shape index (κ3) is 5.20. The quantitative estimate of drug-likeness (QED) is 0.445. The SMILES string of the molecule is O=C(COC(=O)COc1ccccc1O)Nc1ccccc1[N+](=O)[O-]. The van der Waals surface area contributed by atoms with E-state index in [1.807, 2.05) is 0 Å². The molecule has 0 atom stereocenters. The molecule has 9 heteroatoms. The van der Waals surface area contributed by atoms with Crippen molar-refractivity contribution in [2.24, 2.45) is 0 Å². The summed E-state index contributed by atoms with van der Waals surface area (Å²) in [4.78, 5) is 33.5. The van der Waals surface area contributed by atoms with E-state index in [9.17, 15) is 24.8 Å². The summed E-state index contributed by atoms with van der Waals surface area (Å²) in [6, 6.07) is 11.6. The van der Waals surface area contributed by atoms with Crippen LogP contribution in [0.3, 0.4) is 0 Å². The van der Waals surface area contributed by atoms with Crippen molar-refractivity contribution in [1.82, 2.24) is 0 Å². The fourth-order valence-electron chi connectivity index (χ4n) is 1.83. The van der Waals surface area contributed by atoms with Gasteiger partial charge in [-0.3, -0.25) is 14.9 Å². The van der Waals surface area contributed by atoms with Gasteiger partial charge in [0.25, 0.3) is 11.6 Å². The number of hydrogen-bond donors (Lipinski definition) is 2. The van der Waals surface area contributed by atoms with E-state index >= 15 is 0 Å². The Hall–Kier alpha value is -3.62. The van der Waals surface area contributed by atoms with E-state index in [1.165, 1.54) is 36.4 Å². The maximum Gasteiger partial charge on any atom is 0.344 e. The highest BCUT2D eigenvalue weighted by atomic mass is 16.6. The van der Waals surface area contributed by atoms with Gasteiger partial charge in [0.1, 0.15) is 5.69 Å². The molecule has 0 bridgehead atoms. The van der Waals surface area contributed by atoms with Crippen LogP contribution in [0.25, 0.3) is 0 Å². The molecule has 2 aromatic carbocycles. The van der Waals surface area contributed by atoms with E-state index < -0.39 is 30.0 Å². The maximum absolute atomic E-state index is 11.7.